The molecular formula is C19H22Cl2N2O5S. The van der Waals surface area contributed by atoms with Crippen molar-refractivity contribution in [3.05, 3.63) is 46.4 Å². The molecule has 1 amide bonds. The fourth-order valence-corrected chi connectivity index (χ4v) is 3.94. The fraction of sp³-hybridized carbons (Fsp3) is 0.316. The lowest BCUT2D eigenvalue weighted by atomic mass is 10.2. The summed E-state index contributed by atoms with van der Waals surface area (Å²) < 4.78 is 37.6. The van der Waals surface area contributed by atoms with Gasteiger partial charge in [-0.3, -0.25) is 4.79 Å². The van der Waals surface area contributed by atoms with Crippen molar-refractivity contribution in [2.45, 2.75) is 18.7 Å². The van der Waals surface area contributed by atoms with Crippen LogP contribution in [0.4, 0.5) is 5.69 Å². The summed E-state index contributed by atoms with van der Waals surface area (Å²) in [7, 11) is -2.20. The highest BCUT2D eigenvalue weighted by molar-refractivity contribution is 7.89. The average Bonchev–Trinajstić information content (AvgIpc) is 2.65. The third-order valence-corrected chi connectivity index (χ3v) is 5.64. The highest BCUT2D eigenvalue weighted by atomic mass is 35.5. The van der Waals surface area contributed by atoms with Crippen LogP contribution in [0.2, 0.25) is 10.0 Å². The number of benzene rings is 2. The predicted octanol–water partition coefficient (Wildman–Crippen LogP) is 3.95. The number of anilines is 1. The summed E-state index contributed by atoms with van der Waals surface area (Å²) in [6, 6.07) is 8.86. The van der Waals surface area contributed by atoms with Crippen LogP contribution >= 0.6 is 23.2 Å². The molecule has 0 saturated carbocycles. The number of ether oxygens (including phenoxy) is 2. The molecule has 0 aromatic heterocycles. The third-order valence-electron chi connectivity index (χ3n) is 3.69. The zero-order valence-electron chi connectivity index (χ0n) is 16.2. The first-order chi connectivity index (χ1) is 13.6. The van der Waals surface area contributed by atoms with Gasteiger partial charge in [-0.05, 0) is 42.3 Å². The summed E-state index contributed by atoms with van der Waals surface area (Å²) in [5.41, 5.74) is 0.400. The molecule has 0 radical (unpaired) electrons. The molecule has 2 N–H and O–H groups in total. The van der Waals surface area contributed by atoms with Crippen LogP contribution in [-0.2, 0) is 14.8 Å². The second kappa shape index (κ2) is 10.2. The molecular weight excluding hydrogens is 439 g/mol. The summed E-state index contributed by atoms with van der Waals surface area (Å²) in [5.74, 6) is 0.336. The molecule has 0 atom stereocenters. The van der Waals surface area contributed by atoms with Gasteiger partial charge in [-0.1, -0.05) is 37.0 Å². The minimum atomic E-state index is -3.67. The Labute approximate surface area is 180 Å². The molecule has 0 saturated heterocycles. The van der Waals surface area contributed by atoms with Crippen molar-refractivity contribution < 1.29 is 22.7 Å². The van der Waals surface area contributed by atoms with Gasteiger partial charge >= 0.3 is 0 Å². The standard InChI is InChI=1S/C19H22Cl2N2O5S/c1-12(2)10-22-29(25,26)14-5-7-17(15(21)9-14)28-11-19(24)23-16-8-13(20)4-6-18(16)27-3/h4-9,12,22H,10-11H2,1-3H3,(H,23,24). The van der Waals surface area contributed by atoms with Crippen molar-refractivity contribution in [3.63, 3.8) is 0 Å². The van der Waals surface area contributed by atoms with Crippen molar-refractivity contribution in [1.82, 2.24) is 4.72 Å². The Morgan fingerprint density at radius 2 is 1.79 bits per heavy atom. The van der Waals surface area contributed by atoms with Crippen molar-refractivity contribution in [3.8, 4) is 11.5 Å². The molecule has 0 fully saturated rings. The van der Waals surface area contributed by atoms with Gasteiger partial charge in [-0.15, -0.1) is 0 Å². The van der Waals surface area contributed by atoms with Crippen molar-refractivity contribution >= 4 is 44.8 Å². The number of methoxy groups -OCH3 is 1. The lowest BCUT2D eigenvalue weighted by Gasteiger charge is -2.13. The maximum absolute atomic E-state index is 12.3. The van der Waals surface area contributed by atoms with Crippen LogP contribution in [0.15, 0.2) is 41.3 Å². The highest BCUT2D eigenvalue weighted by Gasteiger charge is 2.17. The highest BCUT2D eigenvalue weighted by Crippen LogP contribution is 2.29. The van der Waals surface area contributed by atoms with Crippen LogP contribution in [-0.4, -0.2) is 34.6 Å². The van der Waals surface area contributed by atoms with Gasteiger partial charge in [0.25, 0.3) is 5.91 Å². The normalized spacial score (nSPS) is 11.4. The van der Waals surface area contributed by atoms with Crippen LogP contribution in [0.3, 0.4) is 0 Å². The Morgan fingerprint density at radius 1 is 1.10 bits per heavy atom. The minimum absolute atomic E-state index is 0.0172. The van der Waals surface area contributed by atoms with E-state index in [0.29, 0.717) is 23.0 Å². The van der Waals surface area contributed by atoms with Gasteiger partial charge in [0.2, 0.25) is 10.0 Å². The van der Waals surface area contributed by atoms with E-state index in [4.69, 9.17) is 32.7 Å². The van der Waals surface area contributed by atoms with E-state index >= 15 is 0 Å². The summed E-state index contributed by atoms with van der Waals surface area (Å²) >= 11 is 12.1. The van der Waals surface area contributed by atoms with Gasteiger partial charge < -0.3 is 14.8 Å². The molecule has 0 unspecified atom stereocenters. The molecule has 7 nitrogen and oxygen atoms in total. The zero-order valence-corrected chi connectivity index (χ0v) is 18.5. The van der Waals surface area contributed by atoms with Gasteiger partial charge in [0.05, 0.1) is 22.7 Å². The molecule has 0 bridgehead atoms. The molecule has 0 aliphatic heterocycles. The second-order valence-corrected chi connectivity index (χ2v) is 9.13. The average molecular weight is 461 g/mol. The Balaban J connectivity index is 2.02. The Kier molecular flexibility index (Phi) is 8.15. The monoisotopic (exact) mass is 460 g/mol. The van der Waals surface area contributed by atoms with E-state index in [2.05, 4.69) is 10.0 Å². The third kappa shape index (κ3) is 6.78. The number of carbonyl (C=O) groups excluding carboxylic acids is 1. The number of rotatable bonds is 9. The minimum Gasteiger partial charge on any atom is -0.495 e. The number of halogens is 2. The molecule has 0 spiro atoms. The lowest BCUT2D eigenvalue weighted by Crippen LogP contribution is -2.27. The first kappa shape index (κ1) is 23.3. The van der Waals surface area contributed by atoms with Crippen molar-refractivity contribution in [1.29, 1.82) is 0 Å². The Bertz CT molecular complexity index is 981. The molecule has 29 heavy (non-hydrogen) atoms. The summed E-state index contributed by atoms with van der Waals surface area (Å²) in [6.07, 6.45) is 0. The van der Waals surface area contributed by atoms with E-state index in [1.807, 2.05) is 13.8 Å². The molecule has 2 aromatic rings. The largest absolute Gasteiger partial charge is 0.495 e. The predicted molar refractivity (Wildman–Crippen MR) is 114 cm³/mol. The number of hydrogen-bond donors (Lipinski definition) is 2. The van der Waals surface area contributed by atoms with Gasteiger partial charge in [0.1, 0.15) is 11.5 Å². The van der Waals surface area contributed by atoms with Gasteiger partial charge in [-0.25, -0.2) is 13.1 Å². The molecule has 2 rings (SSSR count). The van der Waals surface area contributed by atoms with Crippen LogP contribution < -0.4 is 19.5 Å². The van der Waals surface area contributed by atoms with Crippen molar-refractivity contribution in [2.24, 2.45) is 5.92 Å². The second-order valence-electron chi connectivity index (χ2n) is 6.52. The van der Waals surface area contributed by atoms with Crippen LogP contribution in [0.5, 0.6) is 11.5 Å². The topological polar surface area (TPSA) is 93.7 Å². The van der Waals surface area contributed by atoms with E-state index in [1.165, 1.54) is 25.3 Å². The van der Waals surface area contributed by atoms with E-state index in [1.54, 1.807) is 18.2 Å². The first-order valence-electron chi connectivity index (χ1n) is 8.67. The van der Waals surface area contributed by atoms with Crippen LogP contribution in [0.1, 0.15) is 13.8 Å². The summed E-state index contributed by atoms with van der Waals surface area (Å²) in [6.45, 7) is 3.77. The van der Waals surface area contributed by atoms with Crippen LogP contribution in [0, 0.1) is 5.92 Å². The zero-order chi connectivity index (χ0) is 21.6. The molecule has 2 aromatic carbocycles. The number of hydrogen-bond acceptors (Lipinski definition) is 5. The quantitative estimate of drug-likeness (QED) is 0.590. The maximum atomic E-state index is 12.3. The molecule has 0 aliphatic carbocycles. The fourth-order valence-electron chi connectivity index (χ4n) is 2.23. The van der Waals surface area contributed by atoms with Gasteiger partial charge in [-0.2, -0.15) is 0 Å². The number of sulfonamides is 1. The molecule has 0 aliphatic rings. The van der Waals surface area contributed by atoms with Gasteiger partial charge in [0, 0.05) is 11.6 Å². The number of amides is 1. The van der Waals surface area contributed by atoms with E-state index in [0.717, 1.165) is 0 Å². The van der Waals surface area contributed by atoms with Gasteiger partial charge in [0.15, 0.2) is 6.61 Å². The lowest BCUT2D eigenvalue weighted by molar-refractivity contribution is -0.118. The smallest absolute Gasteiger partial charge is 0.262 e. The SMILES string of the molecule is COc1ccc(Cl)cc1NC(=O)COc1ccc(S(=O)(=O)NCC(C)C)cc1Cl. The number of nitrogens with one attached hydrogen (secondary N) is 2. The van der Waals surface area contributed by atoms with E-state index in [9.17, 15) is 13.2 Å². The van der Waals surface area contributed by atoms with E-state index < -0.39 is 15.9 Å². The maximum Gasteiger partial charge on any atom is 0.262 e. The molecule has 0 heterocycles. The Morgan fingerprint density at radius 3 is 2.41 bits per heavy atom. The first-order valence-corrected chi connectivity index (χ1v) is 10.9. The molecule has 10 heteroatoms. The Hall–Kier alpha value is -2.00. The van der Waals surface area contributed by atoms with Crippen LogP contribution in [0.25, 0.3) is 0 Å². The summed E-state index contributed by atoms with van der Waals surface area (Å²) in [4.78, 5) is 12.2. The van der Waals surface area contributed by atoms with Crippen molar-refractivity contribution in [2.75, 3.05) is 25.6 Å². The van der Waals surface area contributed by atoms with E-state index in [-0.39, 0.29) is 28.2 Å². The number of carbonyl (C=O) groups is 1. The summed E-state index contributed by atoms with van der Waals surface area (Å²) in [5, 5.41) is 3.15. The molecule has 158 valence electrons.